The highest BCUT2D eigenvalue weighted by atomic mass is 16.2. The Kier molecular flexibility index (Phi) is 8.16. The van der Waals surface area contributed by atoms with E-state index in [-0.39, 0.29) is 17.1 Å². The molecule has 0 atom stereocenters. The summed E-state index contributed by atoms with van der Waals surface area (Å²) >= 11 is 0. The maximum absolute atomic E-state index is 11.7. The van der Waals surface area contributed by atoms with Gasteiger partial charge in [0.1, 0.15) is 5.78 Å². The first-order chi connectivity index (χ1) is 9.42. The smallest absolute Gasteiger partial charge is 0.220 e. The molecule has 0 saturated carbocycles. The summed E-state index contributed by atoms with van der Waals surface area (Å²) in [5.41, 5.74) is -0.0156. The van der Waals surface area contributed by atoms with Gasteiger partial charge in [-0.3, -0.25) is 9.59 Å². The highest BCUT2D eigenvalue weighted by molar-refractivity contribution is 5.88. The van der Waals surface area contributed by atoms with Crippen LogP contribution in [0.5, 0.6) is 0 Å². The van der Waals surface area contributed by atoms with Gasteiger partial charge >= 0.3 is 0 Å². The second-order valence-electron chi connectivity index (χ2n) is 8.14. The van der Waals surface area contributed by atoms with E-state index in [2.05, 4.69) is 38.0 Å². The molecule has 0 aliphatic heterocycles. The Morgan fingerprint density at radius 1 is 0.952 bits per heavy atom. The molecule has 0 rings (SSSR count). The molecular weight excluding hydrogens is 264 g/mol. The summed E-state index contributed by atoms with van der Waals surface area (Å²) in [6.45, 7) is 14.9. The van der Waals surface area contributed by atoms with Gasteiger partial charge in [0.25, 0.3) is 0 Å². The van der Waals surface area contributed by atoms with E-state index in [4.69, 9.17) is 0 Å². The molecule has 4 nitrogen and oxygen atoms in total. The van der Waals surface area contributed by atoms with Crippen LogP contribution in [-0.4, -0.2) is 43.3 Å². The molecule has 0 radical (unpaired) electrons. The summed E-state index contributed by atoms with van der Waals surface area (Å²) in [4.78, 5) is 25.7. The van der Waals surface area contributed by atoms with Crippen molar-refractivity contribution in [2.75, 3.05) is 26.7 Å². The van der Waals surface area contributed by atoms with Gasteiger partial charge in [0.2, 0.25) is 5.91 Å². The van der Waals surface area contributed by atoms with Crippen molar-refractivity contribution in [2.45, 2.75) is 60.8 Å². The number of carbonyl (C=O) groups is 2. The Labute approximate surface area is 130 Å². The summed E-state index contributed by atoms with van der Waals surface area (Å²) < 4.78 is 0. The minimum absolute atomic E-state index is 0.0307. The van der Waals surface area contributed by atoms with Gasteiger partial charge in [-0.15, -0.1) is 0 Å². The lowest BCUT2D eigenvalue weighted by Gasteiger charge is -2.23. The van der Waals surface area contributed by atoms with Crippen molar-refractivity contribution in [3.05, 3.63) is 0 Å². The lowest BCUT2D eigenvalue weighted by atomic mass is 9.88. The SMILES string of the molecule is CN(CCNC(=O)CCC(=O)C(C)(C)C)CCC(C)(C)C. The quantitative estimate of drug-likeness (QED) is 0.749. The molecular formula is C17H34N2O2. The number of ketones is 1. The number of hydrogen-bond acceptors (Lipinski definition) is 3. The largest absolute Gasteiger partial charge is 0.355 e. The molecule has 0 fully saturated rings. The lowest BCUT2D eigenvalue weighted by Crippen LogP contribution is -2.34. The molecule has 4 heteroatoms. The number of likely N-dealkylation sites (N-methyl/N-ethyl adjacent to an activating group) is 1. The van der Waals surface area contributed by atoms with Crippen LogP contribution in [-0.2, 0) is 9.59 Å². The first-order valence-electron chi connectivity index (χ1n) is 7.90. The van der Waals surface area contributed by atoms with Crippen LogP contribution in [0, 0.1) is 10.8 Å². The first kappa shape index (κ1) is 20.1. The Morgan fingerprint density at radius 2 is 1.52 bits per heavy atom. The molecule has 0 bridgehead atoms. The van der Waals surface area contributed by atoms with E-state index in [0.29, 0.717) is 24.8 Å². The topological polar surface area (TPSA) is 49.4 Å². The predicted octanol–water partition coefficient (Wildman–Crippen LogP) is 2.87. The Bertz CT molecular complexity index is 338. The van der Waals surface area contributed by atoms with Gasteiger partial charge in [-0.25, -0.2) is 0 Å². The van der Waals surface area contributed by atoms with E-state index in [1.807, 2.05) is 20.8 Å². The number of Topliss-reactive ketones (excluding diaryl/α,β-unsaturated/α-hetero) is 1. The minimum Gasteiger partial charge on any atom is -0.355 e. The third-order valence-corrected chi connectivity index (χ3v) is 3.47. The van der Waals surface area contributed by atoms with Crippen molar-refractivity contribution in [1.82, 2.24) is 10.2 Å². The fourth-order valence-electron chi connectivity index (χ4n) is 1.71. The van der Waals surface area contributed by atoms with Gasteiger partial charge in [0.05, 0.1) is 0 Å². The maximum atomic E-state index is 11.7. The molecule has 21 heavy (non-hydrogen) atoms. The average molecular weight is 298 g/mol. The zero-order chi connectivity index (χ0) is 16.7. The molecule has 124 valence electrons. The molecule has 0 aromatic rings. The third-order valence-electron chi connectivity index (χ3n) is 3.47. The highest BCUT2D eigenvalue weighted by Gasteiger charge is 2.21. The standard InChI is InChI=1S/C17H34N2O2/c1-16(2,3)10-12-19(7)13-11-18-15(21)9-8-14(20)17(4,5)6/h8-13H2,1-7H3,(H,18,21). The van der Waals surface area contributed by atoms with Crippen molar-refractivity contribution in [3.63, 3.8) is 0 Å². The van der Waals surface area contributed by atoms with Gasteiger partial charge in [-0.1, -0.05) is 41.5 Å². The second-order valence-corrected chi connectivity index (χ2v) is 8.14. The van der Waals surface area contributed by atoms with Crippen LogP contribution in [0.15, 0.2) is 0 Å². The van der Waals surface area contributed by atoms with Gasteiger partial charge in [-0.05, 0) is 25.4 Å². The molecule has 0 spiro atoms. The fraction of sp³-hybridized carbons (Fsp3) is 0.882. The van der Waals surface area contributed by atoms with Gasteiger partial charge in [-0.2, -0.15) is 0 Å². The van der Waals surface area contributed by atoms with Crippen LogP contribution in [0.1, 0.15) is 60.8 Å². The van der Waals surface area contributed by atoms with E-state index in [0.717, 1.165) is 19.5 Å². The summed E-state index contributed by atoms with van der Waals surface area (Å²) in [6.07, 6.45) is 1.76. The number of nitrogens with one attached hydrogen (secondary N) is 1. The van der Waals surface area contributed by atoms with Gasteiger partial charge in [0.15, 0.2) is 0 Å². The maximum Gasteiger partial charge on any atom is 0.220 e. The summed E-state index contributed by atoms with van der Waals surface area (Å²) in [5, 5.41) is 2.88. The summed E-state index contributed by atoms with van der Waals surface area (Å²) in [7, 11) is 2.07. The lowest BCUT2D eigenvalue weighted by molar-refractivity contribution is -0.129. The Balaban J connectivity index is 3.78. The van der Waals surface area contributed by atoms with E-state index >= 15 is 0 Å². The predicted molar refractivity (Wildman–Crippen MR) is 88.3 cm³/mol. The van der Waals surface area contributed by atoms with Crippen molar-refractivity contribution in [2.24, 2.45) is 10.8 Å². The number of carbonyl (C=O) groups excluding carboxylic acids is 2. The second kappa shape index (κ2) is 8.52. The zero-order valence-corrected chi connectivity index (χ0v) is 15.0. The number of rotatable bonds is 8. The highest BCUT2D eigenvalue weighted by Crippen LogP contribution is 2.18. The monoisotopic (exact) mass is 298 g/mol. The molecule has 1 N–H and O–H groups in total. The Morgan fingerprint density at radius 3 is 2.00 bits per heavy atom. The molecule has 0 saturated heterocycles. The molecule has 0 unspecified atom stereocenters. The number of amides is 1. The minimum atomic E-state index is -0.354. The summed E-state index contributed by atoms with van der Waals surface area (Å²) in [5.74, 6) is 0.108. The molecule has 0 aliphatic rings. The summed E-state index contributed by atoms with van der Waals surface area (Å²) in [6, 6.07) is 0. The first-order valence-corrected chi connectivity index (χ1v) is 7.90. The molecule has 0 aliphatic carbocycles. The normalized spacial score (nSPS) is 12.6. The fourth-order valence-corrected chi connectivity index (χ4v) is 1.71. The van der Waals surface area contributed by atoms with Gasteiger partial charge < -0.3 is 10.2 Å². The number of nitrogens with zero attached hydrogens (tertiary/aromatic N) is 1. The van der Waals surface area contributed by atoms with Gasteiger partial charge in [0, 0.05) is 31.3 Å². The molecule has 0 aromatic carbocycles. The van der Waals surface area contributed by atoms with Crippen molar-refractivity contribution in [1.29, 1.82) is 0 Å². The van der Waals surface area contributed by atoms with Crippen LogP contribution in [0.2, 0.25) is 0 Å². The van der Waals surface area contributed by atoms with E-state index in [9.17, 15) is 9.59 Å². The van der Waals surface area contributed by atoms with Crippen LogP contribution in [0.4, 0.5) is 0 Å². The molecule has 0 aromatic heterocycles. The van der Waals surface area contributed by atoms with Crippen molar-refractivity contribution in [3.8, 4) is 0 Å². The molecule has 1 amide bonds. The van der Waals surface area contributed by atoms with Crippen LogP contribution in [0.3, 0.4) is 0 Å². The number of hydrogen-bond donors (Lipinski definition) is 1. The third kappa shape index (κ3) is 11.4. The van der Waals surface area contributed by atoms with Crippen molar-refractivity contribution >= 4 is 11.7 Å². The van der Waals surface area contributed by atoms with E-state index < -0.39 is 0 Å². The van der Waals surface area contributed by atoms with Crippen LogP contribution in [0.25, 0.3) is 0 Å². The van der Waals surface area contributed by atoms with Crippen molar-refractivity contribution < 1.29 is 9.59 Å². The van der Waals surface area contributed by atoms with E-state index in [1.54, 1.807) is 0 Å². The van der Waals surface area contributed by atoms with Crippen LogP contribution < -0.4 is 5.32 Å². The van der Waals surface area contributed by atoms with Crippen LogP contribution >= 0.6 is 0 Å². The van der Waals surface area contributed by atoms with E-state index in [1.165, 1.54) is 0 Å². The Hall–Kier alpha value is -0.900. The molecule has 0 heterocycles. The zero-order valence-electron chi connectivity index (χ0n) is 15.0. The average Bonchev–Trinajstić information content (AvgIpc) is 2.31.